The maximum atomic E-state index is 10.8. The molecule has 1 aliphatic rings. The van der Waals surface area contributed by atoms with E-state index in [0.717, 1.165) is 6.42 Å². The first-order valence-corrected chi connectivity index (χ1v) is 4.01. The van der Waals surface area contributed by atoms with Gasteiger partial charge in [0.05, 0.1) is 0 Å². The Morgan fingerprint density at radius 2 is 2.50 bits per heavy atom. The van der Waals surface area contributed by atoms with Gasteiger partial charge in [0, 0.05) is 6.42 Å². The number of hydrogen-bond donors (Lipinski definition) is 2. The molecule has 5 nitrogen and oxygen atoms in total. The second-order valence-electron chi connectivity index (χ2n) is 2.61. The van der Waals surface area contributed by atoms with Gasteiger partial charge in [-0.05, 0) is 18.6 Å². The molecule has 64 valence electrons. The van der Waals surface area contributed by atoms with Crippen LogP contribution in [0.4, 0.5) is 0 Å². The summed E-state index contributed by atoms with van der Waals surface area (Å²) in [6.07, 6.45) is 1.25. The Kier molecular flexibility index (Phi) is 1.69. The third-order valence-corrected chi connectivity index (χ3v) is 1.92. The van der Waals surface area contributed by atoms with E-state index in [1.807, 2.05) is 0 Å². The van der Waals surface area contributed by atoms with Crippen molar-refractivity contribution in [2.24, 2.45) is 0 Å². The van der Waals surface area contributed by atoms with Crippen LogP contribution in [0.2, 0.25) is 0 Å². The molecule has 0 spiro atoms. The zero-order chi connectivity index (χ0) is 8.55. The van der Waals surface area contributed by atoms with Gasteiger partial charge >= 0.3 is 0 Å². The predicted octanol–water partition coefficient (Wildman–Crippen LogP) is 0.683. The van der Waals surface area contributed by atoms with Crippen LogP contribution in [-0.2, 0) is 4.79 Å². The van der Waals surface area contributed by atoms with Crippen LogP contribution in [0, 0.1) is 4.84 Å². The Hall–Kier alpha value is -1.17. The molecule has 0 bridgehead atoms. The minimum atomic E-state index is -0.106. The fraction of sp³-hybridized carbons (Fsp3) is 0.500. The van der Waals surface area contributed by atoms with Crippen molar-refractivity contribution in [2.75, 3.05) is 0 Å². The molecule has 1 atom stereocenters. The number of amides is 1. The van der Waals surface area contributed by atoms with Crippen LogP contribution < -0.4 is 5.32 Å². The summed E-state index contributed by atoms with van der Waals surface area (Å²) >= 11 is 4.70. The fourth-order valence-electron chi connectivity index (χ4n) is 1.19. The Morgan fingerprint density at radius 1 is 1.67 bits per heavy atom. The number of nitrogens with zero attached hydrogens (tertiary/aromatic N) is 1. The molecule has 2 heterocycles. The lowest BCUT2D eigenvalue weighted by Crippen LogP contribution is -2.18. The number of aromatic nitrogens is 2. The van der Waals surface area contributed by atoms with E-state index < -0.39 is 0 Å². The monoisotopic (exact) mass is 185 g/mol. The van der Waals surface area contributed by atoms with Gasteiger partial charge in [0.25, 0.3) is 4.84 Å². The molecule has 0 radical (unpaired) electrons. The maximum absolute atomic E-state index is 10.8. The quantitative estimate of drug-likeness (QED) is 0.631. The summed E-state index contributed by atoms with van der Waals surface area (Å²) in [7, 11) is 0. The molecule has 6 heteroatoms. The number of rotatable bonds is 1. The van der Waals surface area contributed by atoms with E-state index in [4.69, 9.17) is 16.6 Å². The van der Waals surface area contributed by atoms with Crippen LogP contribution >= 0.6 is 12.2 Å². The second kappa shape index (κ2) is 2.71. The van der Waals surface area contributed by atoms with E-state index in [1.165, 1.54) is 0 Å². The average Bonchev–Trinajstić information content (AvgIpc) is 2.58. The molecule has 2 N–H and O–H groups in total. The molecule has 1 saturated heterocycles. The van der Waals surface area contributed by atoms with Crippen molar-refractivity contribution < 1.29 is 9.21 Å². The largest absolute Gasteiger partial charge is 0.412 e. The van der Waals surface area contributed by atoms with Crippen molar-refractivity contribution in [1.82, 2.24) is 15.5 Å². The highest BCUT2D eigenvalue weighted by Gasteiger charge is 2.25. The molecule has 0 unspecified atom stereocenters. The van der Waals surface area contributed by atoms with Crippen molar-refractivity contribution in [1.29, 1.82) is 0 Å². The molecule has 1 aromatic heterocycles. The Labute approximate surface area is 73.2 Å². The molecule has 2 rings (SSSR count). The van der Waals surface area contributed by atoms with E-state index in [1.54, 1.807) is 0 Å². The van der Waals surface area contributed by atoms with Crippen LogP contribution in [0.25, 0.3) is 0 Å². The topological polar surface area (TPSA) is 70.9 Å². The lowest BCUT2D eigenvalue weighted by Gasteiger charge is -2.01. The molecule has 1 amide bonds. The number of carbonyl (C=O) groups excluding carboxylic acids is 1. The minimum absolute atomic E-state index is 0.0316. The summed E-state index contributed by atoms with van der Waals surface area (Å²) < 4.78 is 5.05. The van der Waals surface area contributed by atoms with Crippen LogP contribution in [0.5, 0.6) is 0 Å². The molecular weight excluding hydrogens is 178 g/mol. The third kappa shape index (κ3) is 1.25. The molecule has 1 aromatic rings. The highest BCUT2D eigenvalue weighted by atomic mass is 32.1. The molecule has 1 aliphatic heterocycles. The van der Waals surface area contributed by atoms with Crippen LogP contribution in [0.3, 0.4) is 0 Å². The normalized spacial score (nSPS) is 22.7. The zero-order valence-electron chi connectivity index (χ0n) is 6.16. The number of aromatic amines is 1. The van der Waals surface area contributed by atoms with Gasteiger partial charge in [0.2, 0.25) is 11.8 Å². The van der Waals surface area contributed by atoms with E-state index in [2.05, 4.69) is 15.5 Å². The van der Waals surface area contributed by atoms with Crippen LogP contribution in [-0.4, -0.2) is 16.1 Å². The number of nitrogens with one attached hydrogen (secondary N) is 2. The van der Waals surface area contributed by atoms with E-state index in [9.17, 15) is 4.79 Å². The van der Waals surface area contributed by atoms with E-state index >= 15 is 0 Å². The summed E-state index contributed by atoms with van der Waals surface area (Å²) in [5.41, 5.74) is 0. The SMILES string of the molecule is O=C1CC[C@@H](c2n[nH]c(=S)o2)N1. The summed E-state index contributed by atoms with van der Waals surface area (Å²) in [6.45, 7) is 0. The van der Waals surface area contributed by atoms with Gasteiger partial charge in [0.1, 0.15) is 6.04 Å². The van der Waals surface area contributed by atoms with Gasteiger partial charge in [0.15, 0.2) is 0 Å². The van der Waals surface area contributed by atoms with Gasteiger partial charge in [-0.25, -0.2) is 5.10 Å². The average molecular weight is 185 g/mol. The van der Waals surface area contributed by atoms with Crippen molar-refractivity contribution in [3.05, 3.63) is 10.7 Å². The van der Waals surface area contributed by atoms with Gasteiger partial charge < -0.3 is 9.73 Å². The van der Waals surface area contributed by atoms with E-state index in [0.29, 0.717) is 12.3 Å². The maximum Gasteiger partial charge on any atom is 0.284 e. The standard InChI is InChI=1S/C6H7N3O2S/c10-4-2-1-3(7-4)5-8-9-6(12)11-5/h3H,1-2H2,(H,7,10)(H,9,12)/t3-/m0/s1. The summed E-state index contributed by atoms with van der Waals surface area (Å²) in [4.78, 5) is 11.1. The third-order valence-electron chi connectivity index (χ3n) is 1.75. The summed E-state index contributed by atoms with van der Waals surface area (Å²) in [5, 5.41) is 9.05. The molecule has 0 saturated carbocycles. The predicted molar refractivity (Wildman–Crippen MR) is 41.8 cm³/mol. The van der Waals surface area contributed by atoms with Gasteiger partial charge in [-0.3, -0.25) is 4.79 Å². The second-order valence-corrected chi connectivity index (χ2v) is 2.98. The summed E-state index contributed by atoms with van der Waals surface area (Å²) in [5.74, 6) is 0.495. The Morgan fingerprint density at radius 3 is 3.00 bits per heavy atom. The van der Waals surface area contributed by atoms with Gasteiger partial charge in [-0.15, -0.1) is 5.10 Å². The highest BCUT2D eigenvalue weighted by molar-refractivity contribution is 7.71. The van der Waals surface area contributed by atoms with Crippen molar-refractivity contribution in [2.45, 2.75) is 18.9 Å². The molecular formula is C6H7N3O2S. The summed E-state index contributed by atoms with van der Waals surface area (Å²) in [6, 6.07) is -0.106. The van der Waals surface area contributed by atoms with Crippen LogP contribution in [0.15, 0.2) is 4.42 Å². The first-order valence-electron chi connectivity index (χ1n) is 3.60. The van der Waals surface area contributed by atoms with E-state index in [-0.39, 0.29) is 16.8 Å². The number of hydrogen-bond acceptors (Lipinski definition) is 4. The first-order chi connectivity index (χ1) is 5.75. The highest BCUT2D eigenvalue weighted by Crippen LogP contribution is 2.21. The Balaban J connectivity index is 2.21. The Bertz CT molecular complexity index is 356. The van der Waals surface area contributed by atoms with Gasteiger partial charge in [-0.2, -0.15) is 0 Å². The van der Waals surface area contributed by atoms with Crippen molar-refractivity contribution >= 4 is 18.1 Å². The molecule has 0 aliphatic carbocycles. The molecule has 0 aromatic carbocycles. The van der Waals surface area contributed by atoms with Crippen LogP contribution in [0.1, 0.15) is 24.8 Å². The minimum Gasteiger partial charge on any atom is -0.412 e. The van der Waals surface area contributed by atoms with Gasteiger partial charge in [-0.1, -0.05) is 0 Å². The number of H-pyrrole nitrogens is 1. The molecule has 12 heavy (non-hydrogen) atoms. The van der Waals surface area contributed by atoms with Crippen molar-refractivity contribution in [3.8, 4) is 0 Å². The lowest BCUT2D eigenvalue weighted by molar-refractivity contribution is -0.119. The fourth-order valence-corrected chi connectivity index (χ4v) is 1.32. The zero-order valence-corrected chi connectivity index (χ0v) is 6.98. The molecule has 1 fully saturated rings. The van der Waals surface area contributed by atoms with Crippen molar-refractivity contribution in [3.63, 3.8) is 0 Å². The lowest BCUT2D eigenvalue weighted by atomic mass is 10.2. The number of carbonyl (C=O) groups is 1. The first kappa shape index (κ1) is 7.48. The smallest absolute Gasteiger partial charge is 0.284 e.